The molecule has 1 aliphatic rings. The molecule has 138 valence electrons. The van der Waals surface area contributed by atoms with Gasteiger partial charge in [0.2, 0.25) is 1.43 Å². The van der Waals surface area contributed by atoms with Crippen LogP contribution in [0.1, 0.15) is 31.7 Å². The van der Waals surface area contributed by atoms with Gasteiger partial charge in [-0.2, -0.15) is 5.10 Å². The van der Waals surface area contributed by atoms with Gasteiger partial charge in [0.15, 0.2) is 17.6 Å². The Bertz CT molecular complexity index is 946. The number of aliphatic hydroxyl groups excluding tert-OH is 2. The average molecular weight is 363 g/mol. The largest absolute Gasteiger partial charge is 0.465 e. The fourth-order valence-electron chi connectivity index (χ4n) is 2.68. The van der Waals surface area contributed by atoms with Crippen molar-refractivity contribution in [2.24, 2.45) is 0 Å². The van der Waals surface area contributed by atoms with Crippen LogP contribution in [0.25, 0.3) is 11.0 Å². The quantitative estimate of drug-likeness (QED) is 0.351. The Morgan fingerprint density at radius 3 is 3.27 bits per heavy atom. The first-order valence-corrected chi connectivity index (χ1v) is 8.01. The number of aromatic nitrogens is 4. The zero-order valence-corrected chi connectivity index (χ0v) is 14.0. The lowest BCUT2D eigenvalue weighted by molar-refractivity contribution is -0.140. The molecule has 2 aromatic heterocycles. The van der Waals surface area contributed by atoms with Gasteiger partial charge in [0.05, 0.1) is 19.0 Å². The molecule has 0 bridgehead atoms. The van der Waals surface area contributed by atoms with Gasteiger partial charge in [-0.25, -0.2) is 9.67 Å². The molecule has 26 heavy (non-hydrogen) atoms. The van der Waals surface area contributed by atoms with E-state index in [2.05, 4.69) is 32.0 Å². The third-order valence-electron chi connectivity index (χ3n) is 3.88. The van der Waals surface area contributed by atoms with E-state index in [4.69, 9.17) is 10.9 Å². The molecular formula is C16H18N4O6. The maximum Gasteiger partial charge on any atom is 0.302 e. The van der Waals surface area contributed by atoms with E-state index in [-0.39, 0.29) is 42.8 Å². The Labute approximate surface area is 149 Å². The number of carbonyl (C=O) groups is 1. The van der Waals surface area contributed by atoms with Crippen molar-refractivity contribution in [3.05, 3.63) is 22.4 Å². The Morgan fingerprint density at radius 1 is 1.65 bits per heavy atom. The highest BCUT2D eigenvalue weighted by molar-refractivity contribution is 5.80. The van der Waals surface area contributed by atoms with Crippen LogP contribution in [0.4, 0.5) is 0 Å². The molecule has 3 N–H and O–H groups in total. The van der Waals surface area contributed by atoms with Gasteiger partial charge in [-0.1, -0.05) is 5.92 Å². The molecule has 0 amide bonds. The molecule has 0 aliphatic carbocycles. The number of hydrogen-bond acceptors (Lipinski definition) is 8. The number of hydrogen-bond donors (Lipinski definition) is 3. The molecule has 2 aromatic rings. The Balaban J connectivity index is 1.89. The van der Waals surface area contributed by atoms with E-state index in [1.165, 1.54) is 17.9 Å². The molecule has 1 saturated heterocycles. The van der Waals surface area contributed by atoms with E-state index in [1.807, 2.05) is 0 Å². The second-order valence-electron chi connectivity index (χ2n) is 5.71. The van der Waals surface area contributed by atoms with Crippen molar-refractivity contribution in [2.45, 2.75) is 38.2 Å². The van der Waals surface area contributed by atoms with Crippen molar-refractivity contribution in [2.75, 3.05) is 13.2 Å². The Hall–Kier alpha value is -2.74. The highest BCUT2D eigenvalue weighted by atomic mass is 16.5. The number of aliphatic hydroxyl groups is 2. The lowest BCUT2D eigenvalue weighted by atomic mass is 10.2. The molecule has 1 aliphatic heterocycles. The molecule has 3 atom stereocenters. The van der Waals surface area contributed by atoms with Crippen molar-refractivity contribution in [3.63, 3.8) is 0 Å². The predicted molar refractivity (Wildman–Crippen MR) is 87.9 cm³/mol. The normalized spacial score (nSPS) is 22.7. The molecule has 0 aromatic carbocycles. The lowest BCUT2D eigenvalue weighted by Crippen LogP contribution is -2.24. The van der Waals surface area contributed by atoms with Gasteiger partial charge >= 0.3 is 5.97 Å². The first-order chi connectivity index (χ1) is 13.0. The first-order valence-electron chi connectivity index (χ1n) is 8.42. The van der Waals surface area contributed by atoms with Crippen LogP contribution in [-0.4, -0.2) is 62.8 Å². The standard InChI is InChI=1S/C16H18N4O6/c1-9(22)25-5-3-2-4-10-14-15(17-8-18-16(14)24)20(19-10)13-6-11(23)12(7-21)26-13/h8,11-13,21,23H,3,5-7H2,1H3,(H,17,18,24)/i21D. The number of ether oxygens (including phenoxy) is 2. The van der Waals surface area contributed by atoms with E-state index in [0.29, 0.717) is 0 Å². The van der Waals surface area contributed by atoms with Crippen LogP contribution >= 0.6 is 0 Å². The van der Waals surface area contributed by atoms with Crippen molar-refractivity contribution < 1.29 is 24.5 Å². The summed E-state index contributed by atoms with van der Waals surface area (Å²) in [5.41, 5.74) is 0.0771. The van der Waals surface area contributed by atoms with Gasteiger partial charge in [0.1, 0.15) is 18.1 Å². The number of carbonyl (C=O) groups excluding carboxylic acids is 1. The highest BCUT2D eigenvalue weighted by Gasteiger charge is 2.36. The SMILES string of the molecule is [2H]OCC1OC(n2nc(C#CCCOC(C)=O)c3c(=O)[nH]cnc32)CC1O. The maximum atomic E-state index is 12.2. The Kier molecular flexibility index (Phi) is 4.92. The predicted octanol–water partition coefficient (Wildman–Crippen LogP) is -0.935. The summed E-state index contributed by atoms with van der Waals surface area (Å²) in [6.07, 6.45) is -0.441. The third-order valence-corrected chi connectivity index (χ3v) is 3.88. The molecule has 0 spiro atoms. The van der Waals surface area contributed by atoms with E-state index >= 15 is 0 Å². The van der Waals surface area contributed by atoms with Gasteiger partial charge in [0.25, 0.3) is 5.56 Å². The maximum absolute atomic E-state index is 12.2. The van der Waals surface area contributed by atoms with E-state index < -0.39 is 30.0 Å². The number of nitrogens with zero attached hydrogens (tertiary/aromatic N) is 3. The molecule has 1 fully saturated rings. The van der Waals surface area contributed by atoms with Crippen LogP contribution in [0.2, 0.25) is 0 Å². The highest BCUT2D eigenvalue weighted by Crippen LogP contribution is 2.30. The number of rotatable bonds is 5. The summed E-state index contributed by atoms with van der Waals surface area (Å²) in [4.78, 5) is 29.6. The number of H-pyrrole nitrogens is 1. The monoisotopic (exact) mass is 363 g/mol. The molecule has 3 heterocycles. The van der Waals surface area contributed by atoms with Crippen LogP contribution in [0.3, 0.4) is 0 Å². The molecule has 3 unspecified atom stereocenters. The summed E-state index contributed by atoms with van der Waals surface area (Å²) < 4.78 is 18.7. The molecule has 10 heteroatoms. The van der Waals surface area contributed by atoms with Crippen LogP contribution in [-0.2, 0) is 14.3 Å². The first kappa shape index (κ1) is 16.7. The van der Waals surface area contributed by atoms with Crippen LogP contribution in [0.5, 0.6) is 0 Å². The van der Waals surface area contributed by atoms with Crippen LogP contribution in [0, 0.1) is 11.8 Å². The van der Waals surface area contributed by atoms with E-state index in [9.17, 15) is 14.7 Å². The number of nitrogens with one attached hydrogen (secondary N) is 1. The van der Waals surface area contributed by atoms with Crippen molar-refractivity contribution in [1.29, 1.82) is 1.43 Å². The fraction of sp³-hybridized carbons (Fsp3) is 0.500. The number of fused-ring (bicyclic) bond motifs is 1. The summed E-state index contributed by atoms with van der Waals surface area (Å²) in [5, 5.41) is 18.9. The number of esters is 1. The fourth-order valence-corrected chi connectivity index (χ4v) is 2.68. The van der Waals surface area contributed by atoms with Crippen LogP contribution < -0.4 is 5.56 Å². The van der Waals surface area contributed by atoms with E-state index in [0.717, 1.165) is 0 Å². The van der Waals surface area contributed by atoms with Gasteiger partial charge in [-0.05, 0) is 5.92 Å². The van der Waals surface area contributed by atoms with Gasteiger partial charge < -0.3 is 24.7 Å². The summed E-state index contributed by atoms with van der Waals surface area (Å²) >= 11 is 0. The Morgan fingerprint density at radius 2 is 2.50 bits per heavy atom. The second kappa shape index (κ2) is 7.65. The van der Waals surface area contributed by atoms with Gasteiger partial charge in [-0.3, -0.25) is 9.59 Å². The topological polar surface area (TPSA) is 140 Å². The zero-order valence-electron chi connectivity index (χ0n) is 15.0. The summed E-state index contributed by atoms with van der Waals surface area (Å²) in [5.74, 6) is 5.19. The number of aromatic amines is 1. The lowest BCUT2D eigenvalue weighted by Gasteiger charge is -2.12. The zero-order chi connectivity index (χ0) is 19.4. The summed E-state index contributed by atoms with van der Waals surface area (Å²) in [7, 11) is 0. The molecule has 10 nitrogen and oxygen atoms in total. The molecular weight excluding hydrogens is 344 g/mol. The molecule has 0 radical (unpaired) electrons. The second-order valence-corrected chi connectivity index (χ2v) is 5.71. The van der Waals surface area contributed by atoms with Gasteiger partial charge in [0, 0.05) is 19.8 Å². The minimum absolute atomic E-state index is 0.0896. The van der Waals surface area contributed by atoms with E-state index in [1.54, 1.807) is 0 Å². The van der Waals surface area contributed by atoms with Crippen molar-refractivity contribution >= 4 is 17.0 Å². The molecule has 0 saturated carbocycles. The smallest absolute Gasteiger partial charge is 0.302 e. The minimum atomic E-state index is -0.833. The summed E-state index contributed by atoms with van der Waals surface area (Å²) in [6.45, 7) is 1.36. The van der Waals surface area contributed by atoms with Crippen molar-refractivity contribution in [1.82, 2.24) is 19.7 Å². The molecule has 3 rings (SSSR count). The third kappa shape index (κ3) is 3.60. The van der Waals surface area contributed by atoms with Gasteiger partial charge in [-0.15, -0.1) is 0 Å². The van der Waals surface area contributed by atoms with Crippen LogP contribution in [0.15, 0.2) is 11.1 Å². The summed E-state index contributed by atoms with van der Waals surface area (Å²) in [6, 6.07) is 0. The average Bonchev–Trinajstić information content (AvgIpc) is 3.17. The van der Waals surface area contributed by atoms with Crippen molar-refractivity contribution in [3.8, 4) is 11.8 Å². The minimum Gasteiger partial charge on any atom is -0.465 e.